The summed E-state index contributed by atoms with van der Waals surface area (Å²) in [6, 6.07) is 16.6. The number of anilines is 3. The van der Waals surface area contributed by atoms with E-state index in [0.717, 1.165) is 38.5 Å². The van der Waals surface area contributed by atoms with Crippen molar-refractivity contribution in [2.24, 2.45) is 7.05 Å². The van der Waals surface area contributed by atoms with Crippen LogP contribution in [0.2, 0.25) is 0 Å². The second kappa shape index (κ2) is 8.58. The van der Waals surface area contributed by atoms with Crippen LogP contribution in [-0.4, -0.2) is 33.4 Å². The summed E-state index contributed by atoms with van der Waals surface area (Å²) in [4.78, 5) is 8.84. The summed E-state index contributed by atoms with van der Waals surface area (Å²) in [6.07, 6.45) is 1.81. The zero-order valence-electron chi connectivity index (χ0n) is 18.8. The minimum atomic E-state index is -2.85. The Morgan fingerprint density at radius 3 is 2.56 bits per heavy atom. The van der Waals surface area contributed by atoms with E-state index in [4.69, 9.17) is 0 Å². The van der Waals surface area contributed by atoms with E-state index >= 15 is 0 Å². The summed E-state index contributed by atoms with van der Waals surface area (Å²) in [6.45, 7) is -0.784. The molecule has 9 heteroatoms. The molecular formula is C25H22F2N6O. The number of nitrogens with zero attached hydrogens (tertiary/aromatic N) is 4. The zero-order valence-corrected chi connectivity index (χ0v) is 18.8. The normalized spacial score (nSPS) is 11.4. The number of nitrogens with one attached hydrogen (secondary N) is 2. The molecule has 5 aromatic rings. The summed E-state index contributed by atoms with van der Waals surface area (Å²) < 4.78 is 31.1. The van der Waals surface area contributed by atoms with Crippen LogP contribution in [0.5, 0.6) is 5.75 Å². The van der Waals surface area contributed by atoms with Gasteiger partial charge in [0.2, 0.25) is 5.95 Å². The lowest BCUT2D eigenvalue weighted by Crippen LogP contribution is -2.01. The quantitative estimate of drug-likeness (QED) is 0.330. The number of hydrogen-bond donors (Lipinski definition) is 2. The van der Waals surface area contributed by atoms with Crippen LogP contribution in [-0.2, 0) is 7.05 Å². The van der Waals surface area contributed by atoms with Gasteiger partial charge in [0.25, 0.3) is 0 Å². The standard InChI is InChI=1S/C25H22F2N6O/c1-14-4-10-19-22(21(14)15-5-11-20-16(12-15)13-29-25(28-2)31-20)33(3)32-23(19)30-17-6-8-18(9-7-17)34-24(26)27/h4-13,24H,1-3H3,(H,30,32)(H,28,29,31). The summed E-state index contributed by atoms with van der Waals surface area (Å²) in [7, 11) is 3.69. The Bertz CT molecular complexity index is 1500. The van der Waals surface area contributed by atoms with Gasteiger partial charge in [-0.2, -0.15) is 13.9 Å². The molecule has 3 aromatic carbocycles. The topological polar surface area (TPSA) is 76.9 Å². The first kappa shape index (κ1) is 21.6. The molecule has 0 spiro atoms. The number of rotatable bonds is 6. The van der Waals surface area contributed by atoms with Crippen LogP contribution in [0, 0.1) is 6.92 Å². The molecule has 7 nitrogen and oxygen atoms in total. The molecule has 0 aliphatic heterocycles. The van der Waals surface area contributed by atoms with E-state index < -0.39 is 6.61 Å². The molecule has 0 radical (unpaired) electrons. The second-order valence-corrected chi connectivity index (χ2v) is 7.87. The van der Waals surface area contributed by atoms with Crippen molar-refractivity contribution in [1.29, 1.82) is 0 Å². The second-order valence-electron chi connectivity index (χ2n) is 7.87. The third kappa shape index (κ3) is 3.96. The van der Waals surface area contributed by atoms with Crippen molar-refractivity contribution >= 4 is 39.3 Å². The number of halogens is 2. The smallest absolute Gasteiger partial charge is 0.387 e. The van der Waals surface area contributed by atoms with Gasteiger partial charge in [0.05, 0.1) is 11.0 Å². The summed E-state index contributed by atoms with van der Waals surface area (Å²) in [5, 5.41) is 12.8. The van der Waals surface area contributed by atoms with Crippen LogP contribution >= 0.6 is 0 Å². The van der Waals surface area contributed by atoms with Gasteiger partial charge in [-0.05, 0) is 60.5 Å². The lowest BCUT2D eigenvalue weighted by molar-refractivity contribution is -0.0498. The number of benzene rings is 3. The van der Waals surface area contributed by atoms with Gasteiger partial charge >= 0.3 is 6.61 Å². The number of aryl methyl sites for hydroxylation is 2. The number of fused-ring (bicyclic) bond motifs is 2. The summed E-state index contributed by atoms with van der Waals surface area (Å²) in [5.41, 5.74) is 5.78. The molecule has 2 heterocycles. The summed E-state index contributed by atoms with van der Waals surface area (Å²) in [5.74, 6) is 1.35. The molecule has 34 heavy (non-hydrogen) atoms. The van der Waals surface area contributed by atoms with Gasteiger partial charge in [0.1, 0.15) is 5.75 Å². The van der Waals surface area contributed by atoms with E-state index in [2.05, 4.69) is 55.6 Å². The van der Waals surface area contributed by atoms with E-state index in [-0.39, 0.29) is 5.75 Å². The average Bonchev–Trinajstić information content (AvgIpc) is 3.14. The van der Waals surface area contributed by atoms with Crippen LogP contribution in [0.15, 0.2) is 60.8 Å². The Labute approximate surface area is 194 Å². The maximum absolute atomic E-state index is 12.4. The van der Waals surface area contributed by atoms with E-state index in [1.165, 1.54) is 12.1 Å². The van der Waals surface area contributed by atoms with E-state index in [1.54, 1.807) is 19.2 Å². The monoisotopic (exact) mass is 460 g/mol. The van der Waals surface area contributed by atoms with Crippen molar-refractivity contribution in [1.82, 2.24) is 19.7 Å². The Hall–Kier alpha value is -4.27. The van der Waals surface area contributed by atoms with E-state index in [0.29, 0.717) is 17.5 Å². The van der Waals surface area contributed by atoms with Gasteiger partial charge in [-0.1, -0.05) is 12.1 Å². The van der Waals surface area contributed by atoms with Crippen molar-refractivity contribution < 1.29 is 13.5 Å². The molecule has 2 aromatic heterocycles. The average molecular weight is 460 g/mol. The fraction of sp³-hybridized carbons (Fsp3) is 0.160. The first-order valence-electron chi connectivity index (χ1n) is 10.7. The molecule has 5 rings (SSSR count). The van der Waals surface area contributed by atoms with Gasteiger partial charge in [-0.25, -0.2) is 9.97 Å². The molecular weight excluding hydrogens is 438 g/mol. The van der Waals surface area contributed by atoms with Crippen molar-refractivity contribution in [3.8, 4) is 16.9 Å². The number of ether oxygens (including phenoxy) is 1. The molecule has 0 amide bonds. The first-order chi connectivity index (χ1) is 16.4. The maximum Gasteiger partial charge on any atom is 0.387 e. The lowest BCUT2D eigenvalue weighted by atomic mass is 9.96. The largest absolute Gasteiger partial charge is 0.435 e. The fourth-order valence-corrected chi connectivity index (χ4v) is 4.10. The number of alkyl halides is 2. The molecule has 0 saturated carbocycles. The predicted molar refractivity (Wildman–Crippen MR) is 130 cm³/mol. The third-order valence-corrected chi connectivity index (χ3v) is 5.65. The van der Waals surface area contributed by atoms with Crippen LogP contribution in [0.25, 0.3) is 32.9 Å². The highest BCUT2D eigenvalue weighted by molar-refractivity contribution is 6.03. The van der Waals surface area contributed by atoms with Crippen LogP contribution < -0.4 is 15.4 Å². The zero-order chi connectivity index (χ0) is 23.8. The van der Waals surface area contributed by atoms with Crippen molar-refractivity contribution in [3.05, 3.63) is 66.4 Å². The molecule has 0 bridgehead atoms. The highest BCUT2D eigenvalue weighted by Gasteiger charge is 2.17. The third-order valence-electron chi connectivity index (χ3n) is 5.65. The SMILES string of the molecule is CNc1ncc2cc(-c3c(C)ccc4c(Nc5ccc(OC(F)F)cc5)nn(C)c34)ccc2n1. The molecule has 0 aliphatic carbocycles. The molecule has 0 fully saturated rings. The number of aromatic nitrogens is 4. The van der Waals surface area contributed by atoms with Gasteiger partial charge < -0.3 is 15.4 Å². The Morgan fingerprint density at radius 1 is 1.03 bits per heavy atom. The maximum atomic E-state index is 12.4. The van der Waals surface area contributed by atoms with Gasteiger partial charge in [0, 0.05) is 42.3 Å². The van der Waals surface area contributed by atoms with Gasteiger partial charge in [-0.15, -0.1) is 0 Å². The highest BCUT2D eigenvalue weighted by atomic mass is 19.3. The molecule has 2 N–H and O–H groups in total. The van der Waals surface area contributed by atoms with Crippen molar-refractivity contribution in [3.63, 3.8) is 0 Å². The highest BCUT2D eigenvalue weighted by Crippen LogP contribution is 2.37. The van der Waals surface area contributed by atoms with Gasteiger partial charge in [0.15, 0.2) is 5.82 Å². The first-order valence-corrected chi connectivity index (χ1v) is 10.7. The fourth-order valence-electron chi connectivity index (χ4n) is 4.10. The molecule has 0 unspecified atom stereocenters. The number of hydrogen-bond acceptors (Lipinski definition) is 6. The summed E-state index contributed by atoms with van der Waals surface area (Å²) >= 11 is 0. The Kier molecular flexibility index (Phi) is 5.45. The van der Waals surface area contributed by atoms with Gasteiger partial charge in [-0.3, -0.25) is 4.68 Å². The van der Waals surface area contributed by atoms with Crippen molar-refractivity contribution in [2.75, 3.05) is 17.7 Å². The Morgan fingerprint density at radius 2 is 1.82 bits per heavy atom. The minimum absolute atomic E-state index is 0.103. The van der Waals surface area contributed by atoms with Crippen LogP contribution in [0.4, 0.5) is 26.2 Å². The molecule has 0 aliphatic rings. The molecule has 0 atom stereocenters. The van der Waals surface area contributed by atoms with E-state index in [9.17, 15) is 8.78 Å². The van der Waals surface area contributed by atoms with E-state index in [1.807, 2.05) is 30.1 Å². The Balaban J connectivity index is 1.55. The lowest BCUT2D eigenvalue weighted by Gasteiger charge is -2.11. The minimum Gasteiger partial charge on any atom is -0.435 e. The predicted octanol–water partition coefficient (Wildman–Crippen LogP) is 5.88. The van der Waals surface area contributed by atoms with Crippen LogP contribution in [0.3, 0.4) is 0 Å². The molecule has 172 valence electrons. The van der Waals surface area contributed by atoms with Crippen LogP contribution in [0.1, 0.15) is 5.56 Å². The van der Waals surface area contributed by atoms with Crippen molar-refractivity contribution in [2.45, 2.75) is 13.5 Å². The molecule has 0 saturated heterocycles.